The molecule has 0 bridgehead atoms. The first kappa shape index (κ1) is 22.0. The number of ether oxygens (including phenoxy) is 1. The maximum absolute atomic E-state index is 6.34. The van der Waals surface area contributed by atoms with Crippen molar-refractivity contribution in [3.8, 4) is 0 Å². The fourth-order valence-electron chi connectivity index (χ4n) is 4.36. The normalized spacial score (nSPS) is 24.7. The lowest BCUT2D eigenvalue weighted by molar-refractivity contribution is -0.0685. The SMILES string of the molecule is C.C.CC(COC(C)C(C1CCC1)C1CCC1)C1CCC1.[B]. The third-order valence-corrected chi connectivity index (χ3v) is 6.51. The summed E-state index contributed by atoms with van der Waals surface area (Å²) in [4.78, 5) is 0. The fraction of sp³-hybridized carbons (Fsp3) is 1.00. The highest BCUT2D eigenvalue weighted by Gasteiger charge is 2.39. The van der Waals surface area contributed by atoms with E-state index in [0.717, 1.165) is 36.2 Å². The molecule has 0 amide bonds. The van der Waals surface area contributed by atoms with Crippen LogP contribution in [0.15, 0.2) is 0 Å². The van der Waals surface area contributed by atoms with Crippen LogP contribution in [0.3, 0.4) is 0 Å². The minimum atomic E-state index is 0. The van der Waals surface area contributed by atoms with Gasteiger partial charge in [-0.2, -0.15) is 0 Å². The van der Waals surface area contributed by atoms with Crippen LogP contribution in [0.25, 0.3) is 0 Å². The van der Waals surface area contributed by atoms with Gasteiger partial charge in [0.1, 0.15) is 0 Å². The first-order valence-electron chi connectivity index (χ1n) is 8.87. The van der Waals surface area contributed by atoms with Gasteiger partial charge in [-0.15, -0.1) is 0 Å². The van der Waals surface area contributed by atoms with E-state index in [-0.39, 0.29) is 23.3 Å². The van der Waals surface area contributed by atoms with Gasteiger partial charge in [0.25, 0.3) is 0 Å². The fourth-order valence-corrected chi connectivity index (χ4v) is 4.36. The second-order valence-electron chi connectivity index (χ2n) is 7.67. The van der Waals surface area contributed by atoms with Crippen molar-refractivity contribution in [2.45, 2.75) is 92.6 Å². The first-order chi connectivity index (χ1) is 9.25. The molecule has 0 aromatic carbocycles. The quantitative estimate of drug-likeness (QED) is 0.529. The Kier molecular flexibility index (Phi) is 10.0. The van der Waals surface area contributed by atoms with Crippen LogP contribution in [0.5, 0.6) is 0 Å². The van der Waals surface area contributed by atoms with Crippen molar-refractivity contribution < 1.29 is 4.74 Å². The summed E-state index contributed by atoms with van der Waals surface area (Å²) in [6.45, 7) is 5.79. The molecule has 0 saturated heterocycles. The lowest BCUT2D eigenvalue weighted by Gasteiger charge is -2.45. The predicted molar refractivity (Wildman–Crippen MR) is 99.3 cm³/mol. The van der Waals surface area contributed by atoms with Crippen LogP contribution in [0.4, 0.5) is 0 Å². The van der Waals surface area contributed by atoms with Crippen LogP contribution in [-0.4, -0.2) is 21.1 Å². The van der Waals surface area contributed by atoms with Gasteiger partial charge in [0.2, 0.25) is 0 Å². The molecule has 3 aliphatic carbocycles. The van der Waals surface area contributed by atoms with Gasteiger partial charge in [0.05, 0.1) is 6.10 Å². The maximum atomic E-state index is 6.34. The molecule has 3 radical (unpaired) electrons. The molecule has 0 aliphatic heterocycles. The zero-order valence-corrected chi connectivity index (χ0v) is 13.5. The van der Waals surface area contributed by atoms with Crippen molar-refractivity contribution in [1.82, 2.24) is 0 Å². The molecule has 0 heterocycles. The maximum Gasteiger partial charge on any atom is 0.0580 e. The number of hydrogen-bond acceptors (Lipinski definition) is 1. The summed E-state index contributed by atoms with van der Waals surface area (Å²) in [6.07, 6.45) is 13.7. The highest BCUT2D eigenvalue weighted by molar-refractivity contribution is 5.75. The number of rotatable bonds is 7. The molecular weight excluding hydrogens is 267 g/mol. The molecule has 0 aromatic heterocycles. The average Bonchev–Trinajstić information content (AvgIpc) is 2.17. The Morgan fingerprint density at radius 3 is 1.50 bits per heavy atom. The van der Waals surface area contributed by atoms with E-state index < -0.39 is 0 Å². The van der Waals surface area contributed by atoms with Crippen molar-refractivity contribution in [3.05, 3.63) is 0 Å². The summed E-state index contributed by atoms with van der Waals surface area (Å²) in [5.74, 6) is 4.65. The monoisotopic (exact) mass is 307 g/mol. The molecular formula is C20H40BO. The number of hydrogen-bond donors (Lipinski definition) is 0. The van der Waals surface area contributed by atoms with E-state index in [0.29, 0.717) is 6.10 Å². The standard InChI is InChI=1S/C18H32O.2CH4.B/c1-13(15-6-3-7-15)12-19-14(2)18(16-8-4-9-16)17-10-5-11-17;;;/h13-18H,3-12H2,1-2H3;2*1H4;. The summed E-state index contributed by atoms with van der Waals surface area (Å²) in [6, 6.07) is 0. The van der Waals surface area contributed by atoms with Crippen LogP contribution in [0, 0.1) is 29.6 Å². The van der Waals surface area contributed by atoms with E-state index in [9.17, 15) is 0 Å². The van der Waals surface area contributed by atoms with E-state index in [2.05, 4.69) is 13.8 Å². The van der Waals surface area contributed by atoms with E-state index in [1.165, 1.54) is 57.8 Å². The van der Waals surface area contributed by atoms with Crippen LogP contribution in [0.1, 0.15) is 86.5 Å². The topological polar surface area (TPSA) is 9.23 Å². The van der Waals surface area contributed by atoms with Gasteiger partial charge < -0.3 is 4.74 Å². The summed E-state index contributed by atoms with van der Waals surface area (Å²) in [5, 5.41) is 0. The van der Waals surface area contributed by atoms with E-state index in [1.807, 2.05) is 0 Å². The predicted octanol–water partition coefficient (Wildman–Crippen LogP) is 5.94. The van der Waals surface area contributed by atoms with Gasteiger partial charge in [-0.1, -0.05) is 79.6 Å². The molecule has 3 rings (SSSR count). The van der Waals surface area contributed by atoms with Gasteiger partial charge >= 0.3 is 0 Å². The van der Waals surface area contributed by atoms with Gasteiger partial charge in [0, 0.05) is 15.0 Å². The second kappa shape index (κ2) is 10.0. The third-order valence-electron chi connectivity index (χ3n) is 6.51. The van der Waals surface area contributed by atoms with Crippen molar-refractivity contribution in [1.29, 1.82) is 0 Å². The zero-order chi connectivity index (χ0) is 13.2. The van der Waals surface area contributed by atoms with Crippen LogP contribution >= 0.6 is 0 Å². The van der Waals surface area contributed by atoms with Crippen molar-refractivity contribution in [3.63, 3.8) is 0 Å². The average molecular weight is 307 g/mol. The molecule has 2 unspecified atom stereocenters. The Bertz CT molecular complexity index is 267. The Morgan fingerprint density at radius 2 is 1.18 bits per heavy atom. The molecule has 2 atom stereocenters. The summed E-state index contributed by atoms with van der Waals surface area (Å²) in [7, 11) is 0. The molecule has 3 aliphatic rings. The molecule has 0 N–H and O–H groups in total. The van der Waals surface area contributed by atoms with E-state index in [4.69, 9.17) is 4.74 Å². The Labute approximate surface area is 142 Å². The third kappa shape index (κ3) is 4.76. The molecule has 22 heavy (non-hydrogen) atoms. The summed E-state index contributed by atoms with van der Waals surface area (Å²) < 4.78 is 6.34. The van der Waals surface area contributed by atoms with Crippen LogP contribution in [0.2, 0.25) is 0 Å². The molecule has 1 nitrogen and oxygen atoms in total. The Morgan fingerprint density at radius 1 is 0.773 bits per heavy atom. The van der Waals surface area contributed by atoms with Gasteiger partial charge in [-0.25, -0.2) is 0 Å². The summed E-state index contributed by atoms with van der Waals surface area (Å²) >= 11 is 0. The highest BCUT2D eigenvalue weighted by Crippen LogP contribution is 2.46. The van der Waals surface area contributed by atoms with E-state index in [1.54, 1.807) is 0 Å². The summed E-state index contributed by atoms with van der Waals surface area (Å²) in [5.41, 5.74) is 0. The lowest BCUT2D eigenvalue weighted by Crippen LogP contribution is -2.41. The Hall–Kier alpha value is 0.0249. The van der Waals surface area contributed by atoms with Crippen LogP contribution in [-0.2, 0) is 4.74 Å². The van der Waals surface area contributed by atoms with E-state index >= 15 is 0 Å². The smallest absolute Gasteiger partial charge is 0.0580 e. The van der Waals surface area contributed by atoms with Crippen molar-refractivity contribution in [2.24, 2.45) is 29.6 Å². The second-order valence-corrected chi connectivity index (χ2v) is 7.67. The van der Waals surface area contributed by atoms with Crippen LogP contribution < -0.4 is 0 Å². The molecule has 3 saturated carbocycles. The molecule has 0 spiro atoms. The highest BCUT2D eigenvalue weighted by atomic mass is 16.5. The zero-order valence-electron chi connectivity index (χ0n) is 13.5. The minimum absolute atomic E-state index is 0. The largest absolute Gasteiger partial charge is 0.378 e. The van der Waals surface area contributed by atoms with Crippen molar-refractivity contribution in [2.75, 3.05) is 6.61 Å². The van der Waals surface area contributed by atoms with Gasteiger partial charge in [-0.3, -0.25) is 0 Å². The Balaban J connectivity index is 0.00000147. The van der Waals surface area contributed by atoms with Gasteiger partial charge in [-0.05, 0) is 36.5 Å². The molecule has 3 fully saturated rings. The van der Waals surface area contributed by atoms with Gasteiger partial charge in [0.15, 0.2) is 0 Å². The molecule has 2 heteroatoms. The first-order valence-corrected chi connectivity index (χ1v) is 8.87. The molecule has 129 valence electrons. The minimum Gasteiger partial charge on any atom is -0.378 e. The molecule has 0 aromatic rings. The van der Waals surface area contributed by atoms with Crippen molar-refractivity contribution >= 4 is 8.41 Å². The lowest BCUT2D eigenvalue weighted by atomic mass is 9.63.